The molecule has 0 bridgehead atoms. The second-order valence-corrected chi connectivity index (χ2v) is 8.47. The molecule has 1 saturated heterocycles. The van der Waals surface area contributed by atoms with E-state index in [0.717, 1.165) is 27.6 Å². The molecular formula is C22H22BrN3O4. The summed E-state index contributed by atoms with van der Waals surface area (Å²) in [5.41, 5.74) is 0.109. The van der Waals surface area contributed by atoms with E-state index in [1.165, 1.54) is 0 Å². The third-order valence-corrected chi connectivity index (χ3v) is 6.19. The SMILES string of the molecule is O=C(Cn1[nH]c(=O)c2ccccc2c1=O)NCC1(c2cccc(Br)c2)CCOCC1. The molecule has 3 aromatic rings. The number of nitrogens with one attached hydrogen (secondary N) is 2. The molecule has 8 heteroatoms. The fourth-order valence-electron chi connectivity index (χ4n) is 3.97. The minimum atomic E-state index is -0.395. The van der Waals surface area contributed by atoms with E-state index in [9.17, 15) is 14.4 Å². The third kappa shape index (κ3) is 4.11. The van der Waals surface area contributed by atoms with Crippen molar-refractivity contribution in [2.45, 2.75) is 24.8 Å². The molecule has 1 aliphatic heterocycles. The summed E-state index contributed by atoms with van der Waals surface area (Å²) < 4.78 is 7.59. The maximum atomic E-state index is 12.7. The molecule has 1 aliphatic rings. The minimum absolute atomic E-state index is 0.237. The number of nitrogens with zero attached hydrogens (tertiary/aromatic N) is 1. The van der Waals surface area contributed by atoms with Crippen molar-refractivity contribution in [3.8, 4) is 0 Å². The van der Waals surface area contributed by atoms with Crippen LogP contribution in [0.1, 0.15) is 18.4 Å². The second-order valence-electron chi connectivity index (χ2n) is 7.56. The maximum absolute atomic E-state index is 12.7. The van der Waals surface area contributed by atoms with Gasteiger partial charge in [-0.05, 0) is 42.7 Å². The Bertz CT molecular complexity index is 1190. The van der Waals surface area contributed by atoms with Crippen molar-refractivity contribution in [3.63, 3.8) is 0 Å². The van der Waals surface area contributed by atoms with Crippen molar-refractivity contribution in [2.75, 3.05) is 19.8 Å². The lowest BCUT2D eigenvalue weighted by atomic mass is 9.74. The van der Waals surface area contributed by atoms with Gasteiger partial charge in [-0.3, -0.25) is 19.5 Å². The quantitative estimate of drug-likeness (QED) is 0.596. The second kappa shape index (κ2) is 8.57. The molecule has 4 rings (SSSR count). The van der Waals surface area contributed by atoms with Gasteiger partial charge in [0.2, 0.25) is 5.91 Å². The molecule has 156 valence electrons. The number of aromatic amines is 1. The Morgan fingerprint density at radius 3 is 2.57 bits per heavy atom. The lowest BCUT2D eigenvalue weighted by Crippen LogP contribution is -2.46. The van der Waals surface area contributed by atoms with Gasteiger partial charge in [-0.15, -0.1) is 0 Å². The Kier molecular flexibility index (Phi) is 5.87. The lowest BCUT2D eigenvalue weighted by molar-refractivity contribution is -0.122. The van der Waals surface area contributed by atoms with Gasteiger partial charge in [0.1, 0.15) is 6.54 Å². The van der Waals surface area contributed by atoms with Crippen LogP contribution in [0, 0.1) is 0 Å². The van der Waals surface area contributed by atoms with Crippen LogP contribution in [0.2, 0.25) is 0 Å². The average Bonchev–Trinajstić information content (AvgIpc) is 2.76. The summed E-state index contributed by atoms with van der Waals surface area (Å²) in [6.07, 6.45) is 1.58. The number of fused-ring (bicyclic) bond motifs is 1. The number of ether oxygens (including phenoxy) is 1. The van der Waals surface area contributed by atoms with Crippen molar-refractivity contribution in [2.24, 2.45) is 0 Å². The van der Waals surface area contributed by atoms with Gasteiger partial charge in [-0.25, -0.2) is 4.68 Å². The zero-order chi connectivity index (χ0) is 21.1. The first-order valence-electron chi connectivity index (χ1n) is 9.81. The molecule has 0 saturated carbocycles. The number of carbonyl (C=O) groups is 1. The first kappa shape index (κ1) is 20.6. The summed E-state index contributed by atoms with van der Waals surface area (Å²) >= 11 is 3.52. The predicted octanol–water partition coefficient (Wildman–Crippen LogP) is 2.32. The standard InChI is InChI=1S/C22H22BrN3O4/c23-16-5-3-4-15(12-16)22(8-10-30-11-9-22)14-24-19(27)13-26-21(29)18-7-2-1-6-17(18)20(28)25-26/h1-7,12H,8-11,13-14H2,(H,24,27)(H,25,28). The highest BCUT2D eigenvalue weighted by molar-refractivity contribution is 9.10. The smallest absolute Gasteiger partial charge is 0.273 e. The van der Waals surface area contributed by atoms with Gasteiger partial charge in [0, 0.05) is 29.6 Å². The summed E-state index contributed by atoms with van der Waals surface area (Å²) in [5, 5.41) is 6.07. The van der Waals surface area contributed by atoms with Crippen LogP contribution < -0.4 is 16.4 Å². The van der Waals surface area contributed by atoms with Crippen LogP contribution in [0.15, 0.2) is 62.6 Å². The predicted molar refractivity (Wildman–Crippen MR) is 118 cm³/mol. The van der Waals surface area contributed by atoms with Crippen LogP contribution in [-0.4, -0.2) is 35.4 Å². The van der Waals surface area contributed by atoms with Gasteiger partial charge in [0.05, 0.1) is 10.8 Å². The van der Waals surface area contributed by atoms with E-state index < -0.39 is 11.1 Å². The number of hydrogen-bond acceptors (Lipinski definition) is 4. The van der Waals surface area contributed by atoms with Crippen molar-refractivity contribution in [3.05, 3.63) is 79.3 Å². The number of halogens is 1. The fourth-order valence-corrected chi connectivity index (χ4v) is 4.37. The van der Waals surface area contributed by atoms with Gasteiger partial charge in [-0.2, -0.15) is 0 Å². The number of hydrogen-bond donors (Lipinski definition) is 2. The number of carbonyl (C=O) groups excluding carboxylic acids is 1. The fraction of sp³-hybridized carbons (Fsp3) is 0.318. The largest absolute Gasteiger partial charge is 0.381 e. The van der Waals surface area contributed by atoms with E-state index in [2.05, 4.69) is 38.5 Å². The first-order valence-corrected chi connectivity index (χ1v) is 10.6. The summed E-state index contributed by atoms with van der Waals surface area (Å²) in [7, 11) is 0. The summed E-state index contributed by atoms with van der Waals surface area (Å²) in [6, 6.07) is 14.7. The Balaban J connectivity index is 1.54. The van der Waals surface area contributed by atoms with E-state index >= 15 is 0 Å². The molecule has 1 aromatic heterocycles. The van der Waals surface area contributed by atoms with Gasteiger partial charge >= 0.3 is 0 Å². The molecule has 0 spiro atoms. The van der Waals surface area contributed by atoms with Crippen LogP contribution in [0.5, 0.6) is 0 Å². The highest BCUT2D eigenvalue weighted by Gasteiger charge is 2.35. The third-order valence-electron chi connectivity index (χ3n) is 5.70. The molecule has 0 aliphatic carbocycles. The first-order chi connectivity index (χ1) is 14.5. The van der Waals surface area contributed by atoms with Crippen LogP contribution in [0.3, 0.4) is 0 Å². The van der Waals surface area contributed by atoms with E-state index in [0.29, 0.717) is 30.5 Å². The highest BCUT2D eigenvalue weighted by atomic mass is 79.9. The zero-order valence-electron chi connectivity index (χ0n) is 16.3. The summed E-state index contributed by atoms with van der Waals surface area (Å²) in [5.74, 6) is -0.330. The molecule has 0 radical (unpaired) electrons. The molecular weight excluding hydrogens is 450 g/mol. The number of benzene rings is 2. The average molecular weight is 472 g/mol. The Labute approximate surface area is 181 Å². The van der Waals surface area contributed by atoms with Gasteiger partial charge in [0.25, 0.3) is 11.1 Å². The molecule has 1 fully saturated rings. The monoisotopic (exact) mass is 471 g/mol. The van der Waals surface area contributed by atoms with Crippen LogP contribution >= 0.6 is 15.9 Å². The summed E-state index contributed by atoms with van der Waals surface area (Å²) in [4.78, 5) is 37.5. The van der Waals surface area contributed by atoms with Gasteiger partial charge in [-0.1, -0.05) is 40.2 Å². The highest BCUT2D eigenvalue weighted by Crippen LogP contribution is 2.35. The molecule has 30 heavy (non-hydrogen) atoms. The van der Waals surface area contributed by atoms with Gasteiger partial charge in [0.15, 0.2) is 0 Å². The molecule has 1 amide bonds. The minimum Gasteiger partial charge on any atom is -0.381 e. The van der Waals surface area contributed by atoms with Crippen LogP contribution in [-0.2, 0) is 21.5 Å². The molecule has 2 N–H and O–H groups in total. The van der Waals surface area contributed by atoms with E-state index in [1.54, 1.807) is 24.3 Å². The molecule has 7 nitrogen and oxygen atoms in total. The van der Waals surface area contributed by atoms with Crippen LogP contribution in [0.4, 0.5) is 0 Å². The molecule has 0 unspecified atom stereocenters. The van der Waals surface area contributed by atoms with Crippen molar-refractivity contribution in [1.29, 1.82) is 0 Å². The molecule has 0 atom stereocenters. The summed E-state index contributed by atoms with van der Waals surface area (Å²) in [6.45, 7) is 1.43. The van der Waals surface area contributed by atoms with Crippen molar-refractivity contribution >= 4 is 32.6 Å². The van der Waals surface area contributed by atoms with E-state index in [-0.39, 0.29) is 17.9 Å². The van der Waals surface area contributed by atoms with E-state index in [1.807, 2.05) is 12.1 Å². The Morgan fingerprint density at radius 2 is 1.83 bits per heavy atom. The Morgan fingerprint density at radius 1 is 1.10 bits per heavy atom. The van der Waals surface area contributed by atoms with Gasteiger partial charge < -0.3 is 10.1 Å². The molecule has 2 aromatic carbocycles. The normalized spacial score (nSPS) is 15.8. The lowest BCUT2D eigenvalue weighted by Gasteiger charge is -2.38. The van der Waals surface area contributed by atoms with Crippen molar-refractivity contribution in [1.82, 2.24) is 15.1 Å². The number of rotatable bonds is 5. The topological polar surface area (TPSA) is 93.2 Å². The van der Waals surface area contributed by atoms with Crippen LogP contribution in [0.25, 0.3) is 10.8 Å². The molecule has 2 heterocycles. The van der Waals surface area contributed by atoms with E-state index in [4.69, 9.17) is 4.74 Å². The number of amides is 1. The maximum Gasteiger partial charge on any atom is 0.273 e. The Hall–Kier alpha value is -2.71. The number of aromatic nitrogens is 2. The zero-order valence-corrected chi connectivity index (χ0v) is 17.9. The number of H-pyrrole nitrogens is 1. The van der Waals surface area contributed by atoms with Crippen molar-refractivity contribution < 1.29 is 9.53 Å².